The molecule has 0 saturated carbocycles. The van der Waals surface area contributed by atoms with E-state index >= 15 is 0 Å². The molecule has 2 heterocycles. The van der Waals surface area contributed by atoms with E-state index in [1.165, 1.54) is 12.3 Å². The maximum atomic E-state index is 12.0. The van der Waals surface area contributed by atoms with Gasteiger partial charge in [-0.05, 0) is 11.6 Å². The molecule has 24 heavy (non-hydrogen) atoms. The third-order valence-corrected chi connectivity index (χ3v) is 4.44. The Morgan fingerprint density at radius 2 is 1.96 bits per heavy atom. The Kier molecular flexibility index (Phi) is 4.54. The number of benzene rings is 1. The number of H-pyrrole nitrogens is 1. The van der Waals surface area contributed by atoms with E-state index in [0.717, 1.165) is 0 Å². The van der Waals surface area contributed by atoms with Crippen molar-refractivity contribution < 1.29 is 12.9 Å². The SMILES string of the molecule is O=c1cc(-c2noc(CNS(=O)(=O)Cc3ccccc3)n2)cc[nH]1. The minimum Gasteiger partial charge on any atom is -0.338 e. The predicted molar refractivity (Wildman–Crippen MR) is 86.3 cm³/mol. The molecule has 0 saturated heterocycles. The zero-order chi connectivity index (χ0) is 17.0. The molecule has 0 aliphatic rings. The van der Waals surface area contributed by atoms with Gasteiger partial charge < -0.3 is 9.51 Å². The number of rotatable bonds is 6. The van der Waals surface area contributed by atoms with Gasteiger partial charge in [-0.2, -0.15) is 4.98 Å². The number of hydrogen-bond acceptors (Lipinski definition) is 6. The molecular weight excluding hydrogens is 332 g/mol. The van der Waals surface area contributed by atoms with Gasteiger partial charge in [0.05, 0.1) is 12.3 Å². The molecular formula is C15H14N4O4S. The highest BCUT2D eigenvalue weighted by Crippen LogP contribution is 2.13. The van der Waals surface area contributed by atoms with Crippen LogP contribution >= 0.6 is 0 Å². The van der Waals surface area contributed by atoms with E-state index in [-0.39, 0.29) is 29.6 Å². The summed E-state index contributed by atoms with van der Waals surface area (Å²) in [5.74, 6) is 0.198. The molecule has 9 heteroatoms. The van der Waals surface area contributed by atoms with Crippen molar-refractivity contribution in [2.24, 2.45) is 0 Å². The van der Waals surface area contributed by atoms with Crippen molar-refractivity contribution in [1.82, 2.24) is 19.8 Å². The van der Waals surface area contributed by atoms with Crippen molar-refractivity contribution in [3.05, 3.63) is 70.5 Å². The highest BCUT2D eigenvalue weighted by atomic mass is 32.2. The first-order valence-electron chi connectivity index (χ1n) is 7.05. The van der Waals surface area contributed by atoms with Gasteiger partial charge in [0.15, 0.2) is 0 Å². The number of aromatic nitrogens is 3. The number of sulfonamides is 1. The zero-order valence-electron chi connectivity index (χ0n) is 12.5. The quantitative estimate of drug-likeness (QED) is 0.688. The summed E-state index contributed by atoms with van der Waals surface area (Å²) in [6, 6.07) is 11.8. The van der Waals surface area contributed by atoms with Gasteiger partial charge in [0.2, 0.25) is 27.3 Å². The average Bonchev–Trinajstić information content (AvgIpc) is 3.03. The number of nitrogens with zero attached hydrogens (tertiary/aromatic N) is 2. The van der Waals surface area contributed by atoms with Gasteiger partial charge in [-0.25, -0.2) is 13.1 Å². The van der Waals surface area contributed by atoms with Crippen LogP contribution in [-0.2, 0) is 22.3 Å². The molecule has 0 spiro atoms. The summed E-state index contributed by atoms with van der Waals surface area (Å²) in [5, 5.41) is 3.74. The third kappa shape index (κ3) is 4.15. The van der Waals surface area contributed by atoms with Crippen LogP contribution in [0.5, 0.6) is 0 Å². The Labute approximate surface area is 137 Å². The van der Waals surface area contributed by atoms with Crippen LogP contribution in [0.2, 0.25) is 0 Å². The second kappa shape index (κ2) is 6.77. The topological polar surface area (TPSA) is 118 Å². The lowest BCUT2D eigenvalue weighted by Gasteiger charge is -2.04. The van der Waals surface area contributed by atoms with Crippen LogP contribution in [0, 0.1) is 0 Å². The summed E-state index contributed by atoms with van der Waals surface area (Å²) in [6.07, 6.45) is 1.47. The second-order valence-electron chi connectivity index (χ2n) is 5.02. The van der Waals surface area contributed by atoms with Gasteiger partial charge >= 0.3 is 0 Å². The lowest BCUT2D eigenvalue weighted by molar-refractivity contribution is 0.376. The van der Waals surface area contributed by atoms with Gasteiger partial charge in [0.25, 0.3) is 0 Å². The molecule has 124 valence electrons. The molecule has 0 radical (unpaired) electrons. The van der Waals surface area contributed by atoms with Crippen molar-refractivity contribution in [2.75, 3.05) is 0 Å². The third-order valence-electron chi connectivity index (χ3n) is 3.14. The van der Waals surface area contributed by atoms with Gasteiger partial charge in [0.1, 0.15) is 0 Å². The van der Waals surface area contributed by atoms with Gasteiger partial charge in [-0.1, -0.05) is 35.5 Å². The molecule has 2 aromatic heterocycles. The molecule has 0 aliphatic carbocycles. The fraction of sp³-hybridized carbons (Fsp3) is 0.133. The molecule has 0 aliphatic heterocycles. The van der Waals surface area contributed by atoms with Crippen LogP contribution in [0.1, 0.15) is 11.5 Å². The fourth-order valence-electron chi connectivity index (χ4n) is 2.04. The first-order valence-corrected chi connectivity index (χ1v) is 8.70. The minimum absolute atomic E-state index is 0.113. The van der Waals surface area contributed by atoms with Gasteiger partial charge in [-0.3, -0.25) is 4.79 Å². The lowest BCUT2D eigenvalue weighted by atomic mass is 10.2. The second-order valence-corrected chi connectivity index (χ2v) is 6.83. The maximum Gasteiger partial charge on any atom is 0.248 e. The first kappa shape index (κ1) is 16.1. The standard InChI is InChI=1S/C15H14N4O4S/c20-13-8-12(6-7-16-13)15-18-14(23-19-15)9-17-24(21,22)10-11-4-2-1-3-5-11/h1-8,17H,9-10H2,(H,16,20). The summed E-state index contributed by atoms with van der Waals surface area (Å²) in [6.45, 7) is -0.120. The van der Waals surface area contributed by atoms with E-state index in [0.29, 0.717) is 11.1 Å². The fourth-order valence-corrected chi connectivity index (χ4v) is 3.12. The summed E-state index contributed by atoms with van der Waals surface area (Å²) >= 11 is 0. The van der Waals surface area contributed by atoms with Crippen LogP contribution in [0.25, 0.3) is 11.4 Å². The Balaban J connectivity index is 1.66. The van der Waals surface area contributed by atoms with Crippen LogP contribution < -0.4 is 10.3 Å². The Morgan fingerprint density at radius 3 is 2.71 bits per heavy atom. The van der Waals surface area contributed by atoms with Crippen LogP contribution in [0.15, 0.2) is 58.0 Å². The minimum atomic E-state index is -3.53. The molecule has 1 aromatic carbocycles. The highest BCUT2D eigenvalue weighted by Gasteiger charge is 2.14. The van der Waals surface area contributed by atoms with Crippen LogP contribution in [-0.4, -0.2) is 23.5 Å². The maximum absolute atomic E-state index is 12.0. The average molecular weight is 346 g/mol. The van der Waals surface area contributed by atoms with Gasteiger partial charge in [-0.15, -0.1) is 0 Å². The van der Waals surface area contributed by atoms with Crippen molar-refractivity contribution in [3.63, 3.8) is 0 Å². The van der Waals surface area contributed by atoms with E-state index in [2.05, 4.69) is 19.8 Å². The molecule has 8 nitrogen and oxygen atoms in total. The predicted octanol–water partition coefficient (Wildman–Crippen LogP) is 1.04. The molecule has 0 fully saturated rings. The summed E-state index contributed by atoms with van der Waals surface area (Å²) < 4.78 is 31.5. The van der Waals surface area contributed by atoms with E-state index in [9.17, 15) is 13.2 Å². The van der Waals surface area contributed by atoms with E-state index in [1.807, 2.05) is 6.07 Å². The number of hydrogen-bond donors (Lipinski definition) is 2. The number of nitrogens with one attached hydrogen (secondary N) is 2. The van der Waals surface area contributed by atoms with Crippen molar-refractivity contribution in [3.8, 4) is 11.4 Å². The largest absolute Gasteiger partial charge is 0.338 e. The number of pyridine rings is 1. The number of aromatic amines is 1. The Hall–Kier alpha value is -2.78. The molecule has 3 aromatic rings. The Morgan fingerprint density at radius 1 is 1.17 bits per heavy atom. The Bertz CT molecular complexity index is 980. The van der Waals surface area contributed by atoms with Gasteiger partial charge in [0, 0.05) is 17.8 Å². The molecule has 0 bridgehead atoms. The monoisotopic (exact) mass is 346 g/mol. The first-order chi connectivity index (χ1) is 11.5. The normalized spacial score (nSPS) is 11.5. The molecule has 0 atom stereocenters. The highest BCUT2D eigenvalue weighted by molar-refractivity contribution is 7.88. The summed E-state index contributed by atoms with van der Waals surface area (Å²) in [7, 11) is -3.53. The molecule has 0 unspecified atom stereocenters. The van der Waals surface area contributed by atoms with Crippen LogP contribution in [0.4, 0.5) is 0 Å². The summed E-state index contributed by atoms with van der Waals surface area (Å²) in [4.78, 5) is 17.8. The molecule has 2 N–H and O–H groups in total. The van der Waals surface area contributed by atoms with E-state index < -0.39 is 10.0 Å². The smallest absolute Gasteiger partial charge is 0.248 e. The molecule has 0 amide bonds. The van der Waals surface area contributed by atoms with Crippen molar-refractivity contribution >= 4 is 10.0 Å². The zero-order valence-corrected chi connectivity index (χ0v) is 13.3. The molecule has 3 rings (SSSR count). The van der Waals surface area contributed by atoms with Crippen molar-refractivity contribution in [2.45, 2.75) is 12.3 Å². The van der Waals surface area contributed by atoms with Crippen molar-refractivity contribution in [1.29, 1.82) is 0 Å². The summed E-state index contributed by atoms with van der Waals surface area (Å²) in [5.41, 5.74) is 0.878. The lowest BCUT2D eigenvalue weighted by Crippen LogP contribution is -2.24. The van der Waals surface area contributed by atoms with E-state index in [1.54, 1.807) is 30.3 Å². The van der Waals surface area contributed by atoms with E-state index in [4.69, 9.17) is 4.52 Å². The van der Waals surface area contributed by atoms with Crippen LogP contribution in [0.3, 0.4) is 0 Å².